The molecule has 0 aliphatic rings. The first-order valence-corrected chi connectivity index (χ1v) is 6.36. The van der Waals surface area contributed by atoms with E-state index in [4.69, 9.17) is 5.11 Å². The number of carbonyl (C=O) groups excluding carboxylic acids is 1. The molecule has 0 aliphatic heterocycles. The van der Waals surface area contributed by atoms with Gasteiger partial charge >= 0.3 is 12.0 Å². The largest absolute Gasteiger partial charge is 0.480 e. The summed E-state index contributed by atoms with van der Waals surface area (Å²) in [7, 11) is 1.78. The van der Waals surface area contributed by atoms with Crippen LogP contribution in [0.1, 0.15) is 5.56 Å². The van der Waals surface area contributed by atoms with Crippen molar-refractivity contribution in [3.05, 3.63) is 48.3 Å². The number of carbonyl (C=O) groups is 2. The normalized spacial score (nSPS) is 10.1. The highest BCUT2D eigenvalue weighted by molar-refractivity contribution is 5.96. The maximum Gasteiger partial charge on any atom is 0.323 e. The highest BCUT2D eigenvalue weighted by atomic mass is 16.4. The Hall–Kier alpha value is -2.83. The molecule has 0 saturated carbocycles. The summed E-state index contributed by atoms with van der Waals surface area (Å²) in [6.07, 6.45) is 3.43. The number of aromatic nitrogens is 2. The van der Waals surface area contributed by atoms with E-state index in [0.717, 1.165) is 5.56 Å². The minimum atomic E-state index is -1.07. The SMILES string of the molecule is Cn1cc(CNC(=O)N(CC(=O)O)c2ccccc2)cn1. The molecule has 0 fully saturated rings. The van der Waals surface area contributed by atoms with E-state index in [2.05, 4.69) is 10.4 Å². The zero-order valence-corrected chi connectivity index (χ0v) is 11.6. The average molecular weight is 288 g/mol. The monoisotopic (exact) mass is 288 g/mol. The molecular weight excluding hydrogens is 272 g/mol. The summed E-state index contributed by atoms with van der Waals surface area (Å²) < 4.78 is 1.63. The molecule has 0 bridgehead atoms. The van der Waals surface area contributed by atoms with Gasteiger partial charge in [0.15, 0.2) is 0 Å². The first kappa shape index (κ1) is 14.6. The first-order valence-electron chi connectivity index (χ1n) is 6.36. The second-order valence-electron chi connectivity index (χ2n) is 4.50. The van der Waals surface area contributed by atoms with E-state index in [1.54, 1.807) is 54.5 Å². The van der Waals surface area contributed by atoms with Crippen molar-refractivity contribution in [1.29, 1.82) is 0 Å². The Bertz CT molecular complexity index is 624. The Morgan fingerprint density at radius 1 is 1.33 bits per heavy atom. The van der Waals surface area contributed by atoms with Crippen molar-refractivity contribution in [2.45, 2.75) is 6.54 Å². The van der Waals surface area contributed by atoms with Gasteiger partial charge in [-0.05, 0) is 12.1 Å². The molecule has 1 aromatic carbocycles. The van der Waals surface area contributed by atoms with Crippen LogP contribution >= 0.6 is 0 Å². The Kier molecular flexibility index (Phi) is 4.55. The number of carboxylic acids is 1. The van der Waals surface area contributed by atoms with Gasteiger partial charge < -0.3 is 10.4 Å². The number of benzene rings is 1. The van der Waals surface area contributed by atoms with Crippen LogP contribution in [-0.4, -0.2) is 33.4 Å². The summed E-state index contributed by atoms with van der Waals surface area (Å²) in [4.78, 5) is 24.3. The van der Waals surface area contributed by atoms with Gasteiger partial charge in [0.25, 0.3) is 0 Å². The fourth-order valence-corrected chi connectivity index (χ4v) is 1.86. The zero-order valence-electron chi connectivity index (χ0n) is 11.6. The van der Waals surface area contributed by atoms with Gasteiger partial charge in [0.2, 0.25) is 0 Å². The summed E-state index contributed by atoms with van der Waals surface area (Å²) in [6.45, 7) is -0.113. The molecule has 0 aliphatic carbocycles. The van der Waals surface area contributed by atoms with Gasteiger partial charge in [-0.15, -0.1) is 0 Å². The number of hydrogen-bond acceptors (Lipinski definition) is 3. The fourth-order valence-electron chi connectivity index (χ4n) is 1.86. The highest BCUT2D eigenvalue weighted by Crippen LogP contribution is 2.13. The van der Waals surface area contributed by atoms with Crippen molar-refractivity contribution in [2.75, 3.05) is 11.4 Å². The number of rotatable bonds is 5. The van der Waals surface area contributed by atoms with Crippen LogP contribution in [0, 0.1) is 0 Å². The topological polar surface area (TPSA) is 87.5 Å². The van der Waals surface area contributed by atoms with Crippen LogP contribution in [0.5, 0.6) is 0 Å². The quantitative estimate of drug-likeness (QED) is 0.866. The number of nitrogens with one attached hydrogen (secondary N) is 1. The van der Waals surface area contributed by atoms with Gasteiger partial charge in [-0.2, -0.15) is 5.10 Å². The van der Waals surface area contributed by atoms with Gasteiger partial charge in [0.1, 0.15) is 6.54 Å². The summed E-state index contributed by atoms with van der Waals surface area (Å²) in [5.41, 5.74) is 1.37. The predicted octanol–water partition coefficient (Wildman–Crippen LogP) is 1.22. The van der Waals surface area contributed by atoms with E-state index in [-0.39, 0.29) is 6.54 Å². The molecule has 0 radical (unpaired) electrons. The number of aliphatic carboxylic acids is 1. The molecule has 2 N–H and O–H groups in total. The summed E-state index contributed by atoms with van der Waals surface area (Å²) in [5, 5.41) is 15.6. The number of para-hydroxylation sites is 1. The molecule has 0 saturated heterocycles. The standard InChI is InChI=1S/C14H16N4O3/c1-17-9-11(8-16-17)7-15-14(21)18(10-13(19)20)12-5-3-2-4-6-12/h2-6,8-9H,7,10H2,1H3,(H,15,21)(H,19,20). The summed E-state index contributed by atoms with van der Waals surface area (Å²) in [5.74, 6) is -1.07. The van der Waals surface area contributed by atoms with E-state index >= 15 is 0 Å². The van der Waals surface area contributed by atoms with Crippen LogP contribution in [0.4, 0.5) is 10.5 Å². The third kappa shape index (κ3) is 4.07. The number of anilines is 1. The van der Waals surface area contributed by atoms with E-state index < -0.39 is 18.5 Å². The highest BCUT2D eigenvalue weighted by Gasteiger charge is 2.18. The molecule has 0 unspecified atom stereocenters. The van der Waals surface area contributed by atoms with E-state index in [1.807, 2.05) is 0 Å². The van der Waals surface area contributed by atoms with Crippen LogP contribution in [0.25, 0.3) is 0 Å². The number of urea groups is 1. The van der Waals surface area contributed by atoms with Crippen LogP contribution in [-0.2, 0) is 18.4 Å². The second kappa shape index (κ2) is 6.56. The number of carboxylic acid groups (broad SMARTS) is 1. The van der Waals surface area contributed by atoms with Crippen LogP contribution in [0.2, 0.25) is 0 Å². The first-order chi connectivity index (χ1) is 10.1. The number of nitrogens with zero attached hydrogens (tertiary/aromatic N) is 3. The average Bonchev–Trinajstić information content (AvgIpc) is 2.88. The minimum Gasteiger partial charge on any atom is -0.480 e. The Morgan fingerprint density at radius 3 is 2.62 bits per heavy atom. The summed E-state index contributed by atoms with van der Waals surface area (Å²) >= 11 is 0. The molecule has 2 amide bonds. The molecule has 0 spiro atoms. The Balaban J connectivity index is 2.05. The fraction of sp³-hybridized carbons (Fsp3) is 0.214. The van der Waals surface area contributed by atoms with Gasteiger partial charge in [-0.1, -0.05) is 18.2 Å². The van der Waals surface area contributed by atoms with E-state index in [9.17, 15) is 9.59 Å². The molecule has 21 heavy (non-hydrogen) atoms. The van der Waals surface area contributed by atoms with Gasteiger partial charge in [-0.3, -0.25) is 14.4 Å². The molecule has 110 valence electrons. The van der Waals surface area contributed by atoms with Crippen LogP contribution in [0.15, 0.2) is 42.7 Å². The van der Waals surface area contributed by atoms with Crippen molar-refractivity contribution in [1.82, 2.24) is 15.1 Å². The van der Waals surface area contributed by atoms with E-state index in [1.165, 1.54) is 4.90 Å². The van der Waals surface area contributed by atoms with Gasteiger partial charge in [0, 0.05) is 31.0 Å². The van der Waals surface area contributed by atoms with Crippen molar-refractivity contribution in [3.8, 4) is 0 Å². The van der Waals surface area contributed by atoms with Crippen molar-refractivity contribution in [3.63, 3.8) is 0 Å². The lowest BCUT2D eigenvalue weighted by atomic mass is 10.3. The molecule has 1 aromatic heterocycles. The van der Waals surface area contributed by atoms with Gasteiger partial charge in [0.05, 0.1) is 6.20 Å². The zero-order chi connectivity index (χ0) is 15.2. The van der Waals surface area contributed by atoms with Crippen molar-refractivity contribution < 1.29 is 14.7 Å². The third-order valence-electron chi connectivity index (χ3n) is 2.81. The molecule has 7 nitrogen and oxygen atoms in total. The molecule has 7 heteroatoms. The Morgan fingerprint density at radius 2 is 2.05 bits per heavy atom. The molecule has 2 aromatic rings. The maximum absolute atomic E-state index is 12.2. The minimum absolute atomic E-state index is 0.287. The lowest BCUT2D eigenvalue weighted by Crippen LogP contribution is -2.42. The molecule has 1 heterocycles. The predicted molar refractivity (Wildman–Crippen MR) is 76.9 cm³/mol. The second-order valence-corrected chi connectivity index (χ2v) is 4.50. The molecule has 0 atom stereocenters. The van der Waals surface area contributed by atoms with Crippen LogP contribution < -0.4 is 10.2 Å². The molecular formula is C14H16N4O3. The number of aryl methyl sites for hydroxylation is 1. The Labute approximate surface area is 121 Å². The van der Waals surface area contributed by atoms with Gasteiger partial charge in [-0.25, -0.2) is 4.79 Å². The van der Waals surface area contributed by atoms with Crippen molar-refractivity contribution in [2.24, 2.45) is 7.05 Å². The summed E-state index contributed by atoms with van der Waals surface area (Å²) in [6, 6.07) is 8.21. The van der Waals surface area contributed by atoms with Crippen LogP contribution in [0.3, 0.4) is 0 Å². The number of amides is 2. The third-order valence-corrected chi connectivity index (χ3v) is 2.81. The lowest BCUT2D eigenvalue weighted by molar-refractivity contribution is -0.135. The van der Waals surface area contributed by atoms with Crippen molar-refractivity contribution >= 4 is 17.7 Å². The number of hydrogen-bond donors (Lipinski definition) is 2. The maximum atomic E-state index is 12.2. The molecule has 2 rings (SSSR count). The smallest absolute Gasteiger partial charge is 0.323 e. The lowest BCUT2D eigenvalue weighted by Gasteiger charge is -2.21. The van der Waals surface area contributed by atoms with E-state index in [0.29, 0.717) is 5.69 Å².